The first-order chi connectivity index (χ1) is 19.2. The highest BCUT2D eigenvalue weighted by molar-refractivity contribution is 7.15. The van der Waals surface area contributed by atoms with E-state index < -0.39 is 40.6 Å². The molecule has 3 heterocycles. The molecule has 41 heavy (non-hydrogen) atoms. The van der Waals surface area contributed by atoms with Gasteiger partial charge in [-0.1, -0.05) is 13.8 Å². The predicted molar refractivity (Wildman–Crippen MR) is 144 cm³/mol. The number of thiazole rings is 1. The van der Waals surface area contributed by atoms with Gasteiger partial charge in [0.25, 0.3) is 0 Å². The third-order valence-corrected chi connectivity index (χ3v) is 8.44. The molecule has 2 atom stereocenters. The molecule has 1 saturated carbocycles. The second-order valence-corrected chi connectivity index (χ2v) is 11.8. The standard InChI is InChI=1S/C28H25F4N5O3S/c1-26(2)14-27(40,5-3-20(26)23(38)39)24-35-13-21(41-24)16-7-15(17-8-18(29)12-33-11-17)9-19(10-16)36-25-34-6-4-22(37-25)28(30,31)32/h4,6-13,20,40H,3,5,14H2,1-2H3,(H,38,39)(H,34,36,37). The van der Waals surface area contributed by atoms with Gasteiger partial charge in [0.2, 0.25) is 5.95 Å². The van der Waals surface area contributed by atoms with Crippen LogP contribution in [0.4, 0.5) is 29.2 Å². The van der Waals surface area contributed by atoms with Crippen LogP contribution in [0.25, 0.3) is 21.6 Å². The number of aromatic nitrogens is 4. The lowest BCUT2D eigenvalue weighted by Gasteiger charge is -2.44. The monoisotopic (exact) mass is 587 g/mol. The van der Waals surface area contributed by atoms with E-state index in [0.717, 1.165) is 18.5 Å². The number of benzene rings is 1. The summed E-state index contributed by atoms with van der Waals surface area (Å²) in [6.07, 6.45) is 1.15. The molecule has 3 aromatic heterocycles. The number of hydrogen-bond acceptors (Lipinski definition) is 8. The van der Waals surface area contributed by atoms with Crippen molar-refractivity contribution in [3.8, 4) is 21.6 Å². The summed E-state index contributed by atoms with van der Waals surface area (Å²) in [7, 11) is 0. The maximum absolute atomic E-state index is 14.0. The largest absolute Gasteiger partial charge is 0.481 e. The number of carboxylic acid groups (broad SMARTS) is 1. The molecule has 0 spiro atoms. The quantitative estimate of drug-likeness (QED) is 0.214. The third kappa shape index (κ3) is 6.05. The average Bonchev–Trinajstić information content (AvgIpc) is 3.39. The molecule has 8 nitrogen and oxygen atoms in total. The van der Waals surface area contributed by atoms with Gasteiger partial charge in [-0.3, -0.25) is 9.78 Å². The van der Waals surface area contributed by atoms with Gasteiger partial charge in [0.05, 0.1) is 17.0 Å². The number of carbonyl (C=O) groups is 1. The molecule has 4 aromatic rings. The molecule has 1 aromatic carbocycles. The minimum absolute atomic E-state index is 0.207. The van der Waals surface area contributed by atoms with Gasteiger partial charge in [-0.25, -0.2) is 19.3 Å². The maximum Gasteiger partial charge on any atom is 0.433 e. The number of carboxylic acids is 1. The van der Waals surface area contributed by atoms with Gasteiger partial charge in [0.1, 0.15) is 22.1 Å². The number of halogens is 4. The van der Waals surface area contributed by atoms with Crippen molar-refractivity contribution in [2.75, 3.05) is 5.32 Å². The first kappa shape index (κ1) is 28.6. The third-order valence-electron chi connectivity index (χ3n) is 7.20. The van der Waals surface area contributed by atoms with Crippen molar-refractivity contribution in [3.63, 3.8) is 0 Å². The molecule has 13 heteroatoms. The highest BCUT2D eigenvalue weighted by Gasteiger charge is 2.49. The van der Waals surface area contributed by atoms with Crippen molar-refractivity contribution < 1.29 is 32.6 Å². The van der Waals surface area contributed by atoms with E-state index in [0.29, 0.717) is 38.7 Å². The molecular weight excluding hydrogens is 562 g/mol. The topological polar surface area (TPSA) is 121 Å². The summed E-state index contributed by atoms with van der Waals surface area (Å²) in [4.78, 5) is 28.2. The Kier molecular flexibility index (Phi) is 7.28. The number of anilines is 2. The lowest BCUT2D eigenvalue weighted by Crippen LogP contribution is -2.44. The van der Waals surface area contributed by atoms with Gasteiger partial charge < -0.3 is 15.5 Å². The first-order valence-electron chi connectivity index (χ1n) is 12.6. The Hall–Kier alpha value is -3.97. The van der Waals surface area contributed by atoms with E-state index in [9.17, 15) is 32.6 Å². The predicted octanol–water partition coefficient (Wildman–Crippen LogP) is 6.66. The molecule has 0 amide bonds. The van der Waals surface area contributed by atoms with Crippen LogP contribution in [0.3, 0.4) is 0 Å². The number of aliphatic hydroxyl groups is 1. The Labute approximate surface area is 236 Å². The average molecular weight is 588 g/mol. The Morgan fingerprint density at radius 2 is 1.83 bits per heavy atom. The Balaban J connectivity index is 1.52. The zero-order valence-corrected chi connectivity index (χ0v) is 22.7. The van der Waals surface area contributed by atoms with Crippen molar-refractivity contribution in [2.24, 2.45) is 11.3 Å². The second-order valence-electron chi connectivity index (χ2n) is 10.7. The lowest BCUT2D eigenvalue weighted by molar-refractivity contribution is -0.154. The lowest BCUT2D eigenvalue weighted by atomic mass is 9.63. The minimum Gasteiger partial charge on any atom is -0.481 e. The van der Waals surface area contributed by atoms with E-state index in [1.807, 2.05) is 13.8 Å². The van der Waals surface area contributed by atoms with E-state index >= 15 is 0 Å². The van der Waals surface area contributed by atoms with Gasteiger partial charge in [-0.15, -0.1) is 11.3 Å². The fraction of sp³-hybridized carbons (Fsp3) is 0.321. The molecule has 0 aliphatic heterocycles. The number of nitrogens with zero attached hydrogens (tertiary/aromatic N) is 4. The van der Waals surface area contributed by atoms with Gasteiger partial charge >= 0.3 is 12.1 Å². The minimum atomic E-state index is -4.66. The first-order valence-corrected chi connectivity index (χ1v) is 13.4. The SMILES string of the molecule is CC1(C)CC(O)(c2ncc(-c3cc(Nc4nccc(C(F)(F)F)n4)cc(-c4cncc(F)c4)c3)s2)CCC1C(=O)O. The van der Waals surface area contributed by atoms with Crippen LogP contribution in [0.2, 0.25) is 0 Å². The molecule has 214 valence electrons. The van der Waals surface area contributed by atoms with Gasteiger partial charge in [0, 0.05) is 29.8 Å². The highest BCUT2D eigenvalue weighted by atomic mass is 32.1. The van der Waals surface area contributed by atoms with Crippen LogP contribution >= 0.6 is 11.3 Å². The van der Waals surface area contributed by atoms with Gasteiger partial charge in [-0.2, -0.15) is 13.2 Å². The van der Waals surface area contributed by atoms with Crippen LogP contribution in [0.1, 0.15) is 43.8 Å². The number of rotatable bonds is 6. The zero-order valence-electron chi connectivity index (χ0n) is 21.9. The summed E-state index contributed by atoms with van der Waals surface area (Å²) in [6, 6.07) is 7.06. The van der Waals surface area contributed by atoms with E-state index in [2.05, 4.69) is 25.3 Å². The molecule has 1 aliphatic rings. The molecule has 1 fully saturated rings. The molecule has 1 aliphatic carbocycles. The van der Waals surface area contributed by atoms with E-state index in [1.54, 1.807) is 24.4 Å². The van der Waals surface area contributed by atoms with Crippen molar-refractivity contribution in [1.82, 2.24) is 19.9 Å². The second kappa shape index (κ2) is 10.5. The number of pyridine rings is 1. The summed E-state index contributed by atoms with van der Waals surface area (Å²) in [5.41, 5.74) is -1.24. The molecule has 5 rings (SSSR count). The van der Waals surface area contributed by atoms with Gasteiger partial charge in [-0.05, 0) is 66.1 Å². The molecule has 3 N–H and O–H groups in total. The van der Waals surface area contributed by atoms with Crippen LogP contribution in [-0.2, 0) is 16.6 Å². The molecule has 0 bridgehead atoms. The van der Waals surface area contributed by atoms with E-state index in [-0.39, 0.29) is 18.8 Å². The molecule has 0 radical (unpaired) electrons. The molecule has 2 unspecified atom stereocenters. The van der Waals surface area contributed by atoms with Crippen LogP contribution in [-0.4, -0.2) is 36.1 Å². The summed E-state index contributed by atoms with van der Waals surface area (Å²) >= 11 is 1.22. The van der Waals surface area contributed by atoms with Crippen LogP contribution in [0.5, 0.6) is 0 Å². The molecule has 0 saturated heterocycles. The van der Waals surface area contributed by atoms with Crippen molar-refractivity contribution >= 4 is 28.9 Å². The van der Waals surface area contributed by atoms with Crippen molar-refractivity contribution in [2.45, 2.75) is 44.9 Å². The summed E-state index contributed by atoms with van der Waals surface area (Å²) < 4.78 is 53.6. The van der Waals surface area contributed by atoms with Crippen LogP contribution in [0.15, 0.2) is 55.1 Å². The summed E-state index contributed by atoms with van der Waals surface area (Å²) in [5, 5.41) is 24.4. The van der Waals surface area contributed by atoms with Crippen molar-refractivity contribution in [3.05, 3.63) is 71.6 Å². The number of aliphatic carboxylic acids is 1. The number of nitrogens with one attached hydrogen (secondary N) is 1. The summed E-state index contributed by atoms with van der Waals surface area (Å²) in [6.45, 7) is 3.63. The van der Waals surface area contributed by atoms with Crippen molar-refractivity contribution in [1.29, 1.82) is 0 Å². The fourth-order valence-corrected chi connectivity index (χ4v) is 6.31. The molecular formula is C28H25F4N5O3S. The summed E-state index contributed by atoms with van der Waals surface area (Å²) in [5.74, 6) is -2.33. The Morgan fingerprint density at radius 1 is 1.07 bits per heavy atom. The fourth-order valence-electron chi connectivity index (χ4n) is 5.29. The Morgan fingerprint density at radius 3 is 2.51 bits per heavy atom. The normalized spacial score (nSPS) is 20.5. The number of alkyl halides is 3. The van der Waals surface area contributed by atoms with E-state index in [1.165, 1.54) is 23.6 Å². The highest BCUT2D eigenvalue weighted by Crippen LogP contribution is 2.51. The van der Waals surface area contributed by atoms with Crippen LogP contribution in [0, 0.1) is 17.2 Å². The van der Waals surface area contributed by atoms with Gasteiger partial charge in [0.15, 0.2) is 0 Å². The maximum atomic E-state index is 14.0. The van der Waals surface area contributed by atoms with Crippen LogP contribution < -0.4 is 5.32 Å². The number of hydrogen-bond donors (Lipinski definition) is 3. The van der Waals surface area contributed by atoms with E-state index in [4.69, 9.17) is 0 Å². The smallest absolute Gasteiger partial charge is 0.433 e. The zero-order chi connectivity index (χ0) is 29.6. The Bertz CT molecular complexity index is 1610.